The van der Waals surface area contributed by atoms with Crippen LogP contribution in [0.25, 0.3) is 0 Å². The Morgan fingerprint density at radius 3 is 2.54 bits per heavy atom. The maximum Gasteiger partial charge on any atom is 0.325 e. The van der Waals surface area contributed by atoms with Crippen molar-refractivity contribution in [2.75, 3.05) is 27.4 Å². The standard InChI is InChI=1S/C18H23N3O5/c1-5-26-17(22)11-20-10-14(9-19)18(23)21-12(2)13-6-7-15(24-3)16(8-13)25-4/h6-8,10,12,20H,5,11H2,1-4H3,(H,21,23)/b14-10-. The summed E-state index contributed by atoms with van der Waals surface area (Å²) in [6, 6.07) is 6.70. The molecule has 26 heavy (non-hydrogen) atoms. The lowest BCUT2D eigenvalue weighted by Gasteiger charge is -2.16. The molecule has 0 radical (unpaired) electrons. The number of nitriles is 1. The number of esters is 1. The van der Waals surface area contributed by atoms with Crippen LogP contribution in [0, 0.1) is 11.3 Å². The highest BCUT2D eigenvalue weighted by molar-refractivity contribution is 5.97. The molecule has 8 heteroatoms. The van der Waals surface area contributed by atoms with Crippen LogP contribution in [0.4, 0.5) is 0 Å². The first-order chi connectivity index (χ1) is 12.5. The predicted octanol–water partition coefficient (Wildman–Crippen LogP) is 1.44. The van der Waals surface area contributed by atoms with E-state index in [0.29, 0.717) is 11.5 Å². The molecule has 0 aliphatic carbocycles. The fourth-order valence-electron chi connectivity index (χ4n) is 2.08. The molecule has 140 valence electrons. The van der Waals surface area contributed by atoms with Gasteiger partial charge in [0.25, 0.3) is 5.91 Å². The number of carbonyl (C=O) groups excluding carboxylic acids is 2. The van der Waals surface area contributed by atoms with E-state index in [2.05, 4.69) is 10.6 Å². The Balaban J connectivity index is 2.75. The Morgan fingerprint density at radius 2 is 1.96 bits per heavy atom. The molecule has 8 nitrogen and oxygen atoms in total. The zero-order valence-electron chi connectivity index (χ0n) is 15.3. The van der Waals surface area contributed by atoms with E-state index in [4.69, 9.17) is 19.5 Å². The number of benzene rings is 1. The monoisotopic (exact) mass is 361 g/mol. The molecule has 0 aliphatic heterocycles. The average molecular weight is 361 g/mol. The number of hydrogen-bond acceptors (Lipinski definition) is 7. The number of ether oxygens (including phenoxy) is 3. The lowest BCUT2D eigenvalue weighted by atomic mass is 10.1. The zero-order valence-corrected chi connectivity index (χ0v) is 15.3. The van der Waals surface area contributed by atoms with Crippen molar-refractivity contribution >= 4 is 11.9 Å². The van der Waals surface area contributed by atoms with Crippen LogP contribution in [-0.4, -0.2) is 39.2 Å². The Hall–Kier alpha value is -3.21. The highest BCUT2D eigenvalue weighted by Gasteiger charge is 2.15. The van der Waals surface area contributed by atoms with E-state index in [1.807, 2.05) is 0 Å². The number of carbonyl (C=O) groups is 2. The van der Waals surface area contributed by atoms with Crippen molar-refractivity contribution in [3.8, 4) is 17.6 Å². The molecule has 0 saturated heterocycles. The summed E-state index contributed by atoms with van der Waals surface area (Å²) in [5.41, 5.74) is 0.634. The third kappa shape index (κ3) is 6.02. The van der Waals surface area contributed by atoms with Crippen LogP contribution in [0.1, 0.15) is 25.5 Å². The van der Waals surface area contributed by atoms with Gasteiger partial charge in [-0.1, -0.05) is 6.07 Å². The van der Waals surface area contributed by atoms with Gasteiger partial charge in [0.1, 0.15) is 18.2 Å². The van der Waals surface area contributed by atoms with Crippen LogP contribution < -0.4 is 20.1 Å². The maximum atomic E-state index is 12.2. The fraction of sp³-hybridized carbons (Fsp3) is 0.389. The van der Waals surface area contributed by atoms with Crippen molar-refractivity contribution in [1.29, 1.82) is 5.26 Å². The molecule has 0 aromatic heterocycles. The Bertz CT molecular complexity index is 709. The number of hydrogen-bond donors (Lipinski definition) is 2. The normalized spacial score (nSPS) is 11.7. The van der Waals surface area contributed by atoms with Gasteiger partial charge in [0.15, 0.2) is 11.5 Å². The molecule has 0 aliphatic rings. The van der Waals surface area contributed by atoms with Gasteiger partial charge >= 0.3 is 5.97 Å². The van der Waals surface area contributed by atoms with Crippen molar-refractivity contribution in [2.24, 2.45) is 0 Å². The van der Waals surface area contributed by atoms with Crippen molar-refractivity contribution in [2.45, 2.75) is 19.9 Å². The summed E-state index contributed by atoms with van der Waals surface area (Å²) < 4.78 is 15.2. The highest BCUT2D eigenvalue weighted by Crippen LogP contribution is 2.29. The summed E-state index contributed by atoms with van der Waals surface area (Å²) in [5.74, 6) is 0.0834. The van der Waals surface area contributed by atoms with E-state index in [1.54, 1.807) is 38.1 Å². The van der Waals surface area contributed by atoms with Crippen LogP contribution >= 0.6 is 0 Å². The molecule has 0 bridgehead atoms. The van der Waals surface area contributed by atoms with Crippen molar-refractivity contribution in [3.05, 3.63) is 35.5 Å². The molecule has 1 amide bonds. The SMILES string of the molecule is CCOC(=O)CN/C=C(/C#N)C(=O)NC(C)c1ccc(OC)c(OC)c1. The Kier molecular flexibility index (Phi) is 8.50. The minimum atomic E-state index is -0.564. The second-order valence-electron chi connectivity index (χ2n) is 5.17. The van der Waals surface area contributed by atoms with Crippen LogP contribution in [0.5, 0.6) is 11.5 Å². The first-order valence-electron chi connectivity index (χ1n) is 7.98. The molecule has 1 unspecified atom stereocenters. The van der Waals surface area contributed by atoms with Crippen molar-refractivity contribution in [1.82, 2.24) is 10.6 Å². The lowest BCUT2D eigenvalue weighted by Crippen LogP contribution is -2.29. The van der Waals surface area contributed by atoms with Crippen molar-refractivity contribution < 1.29 is 23.8 Å². The minimum absolute atomic E-state index is 0.127. The summed E-state index contributed by atoms with van der Waals surface area (Å²) in [6.45, 7) is 3.60. The number of methoxy groups -OCH3 is 2. The summed E-state index contributed by atoms with van der Waals surface area (Å²) in [4.78, 5) is 23.5. The molecule has 1 rings (SSSR count). The van der Waals surface area contributed by atoms with Gasteiger partial charge in [-0.25, -0.2) is 0 Å². The van der Waals surface area contributed by atoms with Gasteiger partial charge in [-0.15, -0.1) is 0 Å². The van der Waals surface area contributed by atoms with Gasteiger partial charge in [-0.2, -0.15) is 5.26 Å². The summed E-state index contributed by atoms with van der Waals surface area (Å²) in [6.07, 6.45) is 1.19. The quantitative estimate of drug-likeness (QED) is 0.389. The first-order valence-corrected chi connectivity index (χ1v) is 7.98. The van der Waals surface area contributed by atoms with Gasteiger partial charge in [0.2, 0.25) is 0 Å². The summed E-state index contributed by atoms with van der Waals surface area (Å²) in [7, 11) is 3.06. The number of nitrogens with zero attached hydrogens (tertiary/aromatic N) is 1. The largest absolute Gasteiger partial charge is 0.493 e. The summed E-state index contributed by atoms with van der Waals surface area (Å²) in [5, 5.41) is 14.4. The van der Waals surface area contributed by atoms with Gasteiger partial charge < -0.3 is 24.8 Å². The maximum absolute atomic E-state index is 12.2. The Labute approximate surface area is 152 Å². The molecule has 0 saturated carbocycles. The zero-order chi connectivity index (χ0) is 19.5. The molecule has 2 N–H and O–H groups in total. The molecule has 1 aromatic rings. The Morgan fingerprint density at radius 1 is 1.27 bits per heavy atom. The molecule has 1 atom stereocenters. The van der Waals surface area contributed by atoms with Gasteiger partial charge in [0, 0.05) is 6.20 Å². The first kappa shape index (κ1) is 20.8. The predicted molar refractivity (Wildman–Crippen MR) is 94.4 cm³/mol. The second-order valence-corrected chi connectivity index (χ2v) is 5.17. The average Bonchev–Trinajstić information content (AvgIpc) is 2.64. The molecule has 0 heterocycles. The third-order valence-corrected chi connectivity index (χ3v) is 3.42. The topological polar surface area (TPSA) is 110 Å². The molecule has 0 fully saturated rings. The van der Waals surface area contributed by atoms with E-state index in [0.717, 1.165) is 5.56 Å². The van der Waals surface area contributed by atoms with Crippen LogP contribution in [0.2, 0.25) is 0 Å². The van der Waals surface area contributed by atoms with Gasteiger partial charge in [-0.3, -0.25) is 9.59 Å². The lowest BCUT2D eigenvalue weighted by molar-refractivity contribution is -0.141. The van der Waals surface area contributed by atoms with E-state index >= 15 is 0 Å². The third-order valence-electron chi connectivity index (χ3n) is 3.42. The van der Waals surface area contributed by atoms with Crippen molar-refractivity contribution in [3.63, 3.8) is 0 Å². The number of amides is 1. The second kappa shape index (κ2) is 10.6. The molecule has 0 spiro atoms. The van der Waals surface area contributed by atoms with Gasteiger partial charge in [-0.05, 0) is 31.5 Å². The van der Waals surface area contributed by atoms with E-state index in [9.17, 15) is 9.59 Å². The number of rotatable bonds is 9. The molecule has 1 aromatic carbocycles. The van der Waals surface area contributed by atoms with E-state index in [-0.39, 0.29) is 24.8 Å². The van der Waals surface area contributed by atoms with E-state index in [1.165, 1.54) is 20.4 Å². The smallest absolute Gasteiger partial charge is 0.325 e. The fourth-order valence-corrected chi connectivity index (χ4v) is 2.08. The number of nitrogens with one attached hydrogen (secondary N) is 2. The van der Waals surface area contributed by atoms with Gasteiger partial charge in [0.05, 0.1) is 26.9 Å². The van der Waals surface area contributed by atoms with Crippen LogP contribution in [0.15, 0.2) is 30.0 Å². The van der Waals surface area contributed by atoms with E-state index < -0.39 is 11.9 Å². The summed E-state index contributed by atoms with van der Waals surface area (Å²) >= 11 is 0. The molecular formula is C18H23N3O5. The van der Waals surface area contributed by atoms with Crippen LogP contribution in [0.3, 0.4) is 0 Å². The minimum Gasteiger partial charge on any atom is -0.493 e. The highest BCUT2D eigenvalue weighted by atomic mass is 16.5. The van der Waals surface area contributed by atoms with Crippen LogP contribution in [-0.2, 0) is 14.3 Å². The molecular weight excluding hydrogens is 338 g/mol.